The highest BCUT2D eigenvalue weighted by Crippen LogP contribution is 2.24. The van der Waals surface area contributed by atoms with Crippen molar-refractivity contribution in [2.75, 3.05) is 17.2 Å². The van der Waals surface area contributed by atoms with E-state index in [0.717, 1.165) is 24.4 Å². The zero-order valence-electron chi connectivity index (χ0n) is 11.8. The molecule has 0 spiro atoms. The third kappa shape index (κ3) is 3.47. The smallest absolute Gasteiger partial charge is 0.224 e. The molecule has 19 heavy (non-hydrogen) atoms. The Morgan fingerprint density at radius 3 is 2.89 bits per heavy atom. The molecule has 1 aromatic carbocycles. The van der Waals surface area contributed by atoms with E-state index in [1.807, 2.05) is 25.1 Å². The molecule has 1 heterocycles. The van der Waals surface area contributed by atoms with Crippen molar-refractivity contribution in [3.8, 4) is 0 Å². The van der Waals surface area contributed by atoms with Gasteiger partial charge in [0.25, 0.3) is 0 Å². The molecular formula is C15H22N2O2. The predicted octanol–water partition coefficient (Wildman–Crippen LogP) is 2.93. The molecule has 2 atom stereocenters. The molecule has 1 saturated heterocycles. The molecule has 0 radical (unpaired) electrons. The van der Waals surface area contributed by atoms with Gasteiger partial charge in [-0.25, -0.2) is 0 Å². The molecule has 0 saturated carbocycles. The van der Waals surface area contributed by atoms with Crippen molar-refractivity contribution in [2.24, 2.45) is 0 Å². The van der Waals surface area contributed by atoms with Crippen molar-refractivity contribution >= 4 is 17.3 Å². The van der Waals surface area contributed by atoms with Crippen molar-refractivity contribution in [3.05, 3.63) is 23.8 Å². The minimum atomic E-state index is 0.0346. The summed E-state index contributed by atoms with van der Waals surface area (Å²) >= 11 is 0. The standard InChI is InChI=1S/C15H22N2O2/c1-4-15(18)16-12-6-5-10(2)14(9-12)17-13-7-8-19-11(13)3/h5-6,9,11,13,17H,4,7-8H2,1-3H3,(H,16,18). The summed E-state index contributed by atoms with van der Waals surface area (Å²) in [5.41, 5.74) is 3.08. The van der Waals surface area contributed by atoms with Gasteiger partial charge in [-0.1, -0.05) is 13.0 Å². The molecule has 0 bridgehead atoms. The van der Waals surface area contributed by atoms with Crippen LogP contribution in [-0.2, 0) is 9.53 Å². The van der Waals surface area contributed by atoms with Crippen LogP contribution in [0.3, 0.4) is 0 Å². The summed E-state index contributed by atoms with van der Waals surface area (Å²) in [4.78, 5) is 11.4. The van der Waals surface area contributed by atoms with Gasteiger partial charge in [0, 0.05) is 24.4 Å². The van der Waals surface area contributed by atoms with E-state index < -0.39 is 0 Å². The van der Waals surface area contributed by atoms with Gasteiger partial charge < -0.3 is 15.4 Å². The van der Waals surface area contributed by atoms with Crippen LogP contribution in [0.25, 0.3) is 0 Å². The largest absolute Gasteiger partial charge is 0.379 e. The van der Waals surface area contributed by atoms with Crippen LogP contribution in [-0.4, -0.2) is 24.7 Å². The first-order valence-corrected chi connectivity index (χ1v) is 6.88. The van der Waals surface area contributed by atoms with E-state index in [2.05, 4.69) is 24.5 Å². The maximum atomic E-state index is 11.4. The van der Waals surface area contributed by atoms with Gasteiger partial charge in [0.15, 0.2) is 0 Å². The number of hydrogen-bond acceptors (Lipinski definition) is 3. The third-order valence-corrected chi connectivity index (χ3v) is 3.56. The molecule has 1 amide bonds. The van der Waals surface area contributed by atoms with Crippen molar-refractivity contribution < 1.29 is 9.53 Å². The highest BCUT2D eigenvalue weighted by Gasteiger charge is 2.24. The molecule has 1 aliphatic rings. The van der Waals surface area contributed by atoms with Gasteiger partial charge in [0.1, 0.15) is 0 Å². The quantitative estimate of drug-likeness (QED) is 0.877. The van der Waals surface area contributed by atoms with E-state index in [0.29, 0.717) is 12.5 Å². The van der Waals surface area contributed by atoms with Crippen molar-refractivity contribution in [1.29, 1.82) is 0 Å². The van der Waals surface area contributed by atoms with E-state index in [-0.39, 0.29) is 12.0 Å². The van der Waals surface area contributed by atoms with Crippen molar-refractivity contribution in [3.63, 3.8) is 0 Å². The highest BCUT2D eigenvalue weighted by atomic mass is 16.5. The SMILES string of the molecule is CCC(=O)Nc1ccc(C)c(NC2CCOC2C)c1. The maximum Gasteiger partial charge on any atom is 0.224 e. The topological polar surface area (TPSA) is 50.4 Å². The Morgan fingerprint density at radius 1 is 1.47 bits per heavy atom. The fourth-order valence-electron chi connectivity index (χ4n) is 2.23. The summed E-state index contributed by atoms with van der Waals surface area (Å²) in [6.45, 7) is 6.81. The number of nitrogens with one attached hydrogen (secondary N) is 2. The summed E-state index contributed by atoms with van der Waals surface area (Å²) in [6.07, 6.45) is 1.74. The molecule has 104 valence electrons. The number of amides is 1. The molecule has 2 unspecified atom stereocenters. The number of carbonyl (C=O) groups is 1. The lowest BCUT2D eigenvalue weighted by molar-refractivity contribution is -0.115. The van der Waals surface area contributed by atoms with Crippen molar-refractivity contribution in [2.45, 2.75) is 45.8 Å². The number of ether oxygens (including phenoxy) is 1. The molecule has 2 rings (SSSR count). The Kier molecular flexibility index (Phi) is 4.43. The van der Waals surface area contributed by atoms with Gasteiger partial charge in [-0.15, -0.1) is 0 Å². The summed E-state index contributed by atoms with van der Waals surface area (Å²) in [6, 6.07) is 6.29. The average Bonchev–Trinajstić information content (AvgIpc) is 2.79. The molecule has 1 aromatic rings. The molecule has 2 N–H and O–H groups in total. The van der Waals surface area contributed by atoms with Crippen LogP contribution in [0.5, 0.6) is 0 Å². The third-order valence-electron chi connectivity index (χ3n) is 3.56. The lowest BCUT2D eigenvalue weighted by Crippen LogP contribution is -2.27. The van der Waals surface area contributed by atoms with Gasteiger partial charge in [-0.05, 0) is 38.0 Å². The average molecular weight is 262 g/mol. The van der Waals surface area contributed by atoms with Crippen LogP contribution in [0.1, 0.15) is 32.3 Å². The zero-order valence-corrected chi connectivity index (χ0v) is 11.8. The number of aryl methyl sites for hydroxylation is 1. The van der Waals surface area contributed by atoms with Crippen LogP contribution in [0.2, 0.25) is 0 Å². The molecule has 0 aliphatic carbocycles. The minimum absolute atomic E-state index is 0.0346. The number of carbonyl (C=O) groups excluding carboxylic acids is 1. The second kappa shape index (κ2) is 6.06. The van der Waals surface area contributed by atoms with E-state index in [4.69, 9.17) is 4.74 Å². The molecule has 0 aromatic heterocycles. The first kappa shape index (κ1) is 13.9. The second-order valence-corrected chi connectivity index (χ2v) is 5.05. The first-order valence-electron chi connectivity index (χ1n) is 6.88. The molecule has 4 heteroatoms. The fourth-order valence-corrected chi connectivity index (χ4v) is 2.23. The summed E-state index contributed by atoms with van der Waals surface area (Å²) in [5.74, 6) is 0.0346. The van der Waals surface area contributed by atoms with Crippen LogP contribution < -0.4 is 10.6 Å². The lowest BCUT2D eigenvalue weighted by atomic mass is 10.1. The number of anilines is 2. The Labute approximate surface area is 114 Å². The van der Waals surface area contributed by atoms with Crippen LogP contribution in [0.15, 0.2) is 18.2 Å². The zero-order chi connectivity index (χ0) is 13.8. The molecular weight excluding hydrogens is 240 g/mol. The second-order valence-electron chi connectivity index (χ2n) is 5.05. The summed E-state index contributed by atoms with van der Waals surface area (Å²) in [5, 5.41) is 6.40. The van der Waals surface area contributed by atoms with Gasteiger partial charge in [-0.3, -0.25) is 4.79 Å². The highest BCUT2D eigenvalue weighted by molar-refractivity contribution is 5.91. The summed E-state index contributed by atoms with van der Waals surface area (Å²) < 4.78 is 5.56. The first-order chi connectivity index (χ1) is 9.10. The normalized spacial score (nSPS) is 22.3. The Bertz CT molecular complexity index is 459. The van der Waals surface area contributed by atoms with Crippen LogP contribution in [0.4, 0.5) is 11.4 Å². The van der Waals surface area contributed by atoms with Gasteiger partial charge in [0.05, 0.1) is 12.1 Å². The number of hydrogen-bond donors (Lipinski definition) is 2. The number of rotatable bonds is 4. The Balaban J connectivity index is 2.10. The van der Waals surface area contributed by atoms with Crippen LogP contribution in [0, 0.1) is 6.92 Å². The molecule has 1 aliphatic heterocycles. The molecule has 1 fully saturated rings. The van der Waals surface area contributed by atoms with Gasteiger partial charge >= 0.3 is 0 Å². The van der Waals surface area contributed by atoms with Crippen molar-refractivity contribution in [1.82, 2.24) is 0 Å². The summed E-state index contributed by atoms with van der Waals surface area (Å²) in [7, 11) is 0. The van der Waals surface area contributed by atoms with E-state index in [1.165, 1.54) is 5.56 Å². The Morgan fingerprint density at radius 2 is 2.26 bits per heavy atom. The lowest BCUT2D eigenvalue weighted by Gasteiger charge is -2.19. The monoisotopic (exact) mass is 262 g/mol. The van der Waals surface area contributed by atoms with Crippen LogP contribution >= 0.6 is 0 Å². The molecule has 4 nitrogen and oxygen atoms in total. The van der Waals surface area contributed by atoms with E-state index >= 15 is 0 Å². The van der Waals surface area contributed by atoms with Gasteiger partial charge in [0.2, 0.25) is 5.91 Å². The minimum Gasteiger partial charge on any atom is -0.379 e. The van der Waals surface area contributed by atoms with E-state index in [1.54, 1.807) is 0 Å². The van der Waals surface area contributed by atoms with Gasteiger partial charge in [-0.2, -0.15) is 0 Å². The fraction of sp³-hybridized carbons (Fsp3) is 0.533. The maximum absolute atomic E-state index is 11.4. The number of benzene rings is 1. The Hall–Kier alpha value is -1.55. The predicted molar refractivity (Wildman–Crippen MR) is 77.5 cm³/mol. The van der Waals surface area contributed by atoms with E-state index in [9.17, 15) is 4.79 Å².